The van der Waals surface area contributed by atoms with E-state index in [0.29, 0.717) is 38.4 Å². The standard InChI is InChI=1S/C11H16N4O2/c1-2-17-11(16)15-5-3-8-9(4-6-15)14-10(12)7-13-8/h7H,2-6H2,1H3,(H2,12,14). The first-order valence-corrected chi connectivity index (χ1v) is 5.72. The molecule has 2 N–H and O–H groups in total. The van der Waals surface area contributed by atoms with Gasteiger partial charge in [-0.25, -0.2) is 9.78 Å². The summed E-state index contributed by atoms with van der Waals surface area (Å²) in [5, 5.41) is 0. The van der Waals surface area contributed by atoms with Crippen molar-refractivity contribution in [3.63, 3.8) is 0 Å². The Morgan fingerprint density at radius 3 is 2.88 bits per heavy atom. The van der Waals surface area contributed by atoms with E-state index >= 15 is 0 Å². The molecule has 0 saturated heterocycles. The lowest BCUT2D eigenvalue weighted by atomic mass is 10.2. The van der Waals surface area contributed by atoms with Crippen LogP contribution in [0.25, 0.3) is 0 Å². The fourth-order valence-corrected chi connectivity index (χ4v) is 1.87. The second-order valence-electron chi connectivity index (χ2n) is 3.87. The second-order valence-corrected chi connectivity index (χ2v) is 3.87. The van der Waals surface area contributed by atoms with Gasteiger partial charge in [-0.2, -0.15) is 0 Å². The lowest BCUT2D eigenvalue weighted by molar-refractivity contribution is 0.109. The van der Waals surface area contributed by atoms with Gasteiger partial charge < -0.3 is 15.4 Å². The number of anilines is 1. The molecule has 92 valence electrons. The van der Waals surface area contributed by atoms with Gasteiger partial charge >= 0.3 is 6.09 Å². The van der Waals surface area contributed by atoms with Gasteiger partial charge in [0.15, 0.2) is 0 Å². The van der Waals surface area contributed by atoms with Crippen molar-refractivity contribution in [1.29, 1.82) is 0 Å². The average Bonchev–Trinajstić information content (AvgIpc) is 2.51. The zero-order valence-corrected chi connectivity index (χ0v) is 9.85. The minimum absolute atomic E-state index is 0.270. The molecule has 17 heavy (non-hydrogen) atoms. The fourth-order valence-electron chi connectivity index (χ4n) is 1.87. The first-order valence-electron chi connectivity index (χ1n) is 5.72. The van der Waals surface area contributed by atoms with E-state index in [1.54, 1.807) is 18.0 Å². The van der Waals surface area contributed by atoms with Crippen molar-refractivity contribution in [2.75, 3.05) is 25.4 Å². The SMILES string of the molecule is CCOC(=O)N1CCc2ncc(N)nc2CC1. The molecule has 0 radical (unpaired) electrons. The molecule has 1 aromatic rings. The Morgan fingerprint density at radius 2 is 2.18 bits per heavy atom. The van der Waals surface area contributed by atoms with E-state index in [-0.39, 0.29) is 6.09 Å². The largest absolute Gasteiger partial charge is 0.450 e. The summed E-state index contributed by atoms with van der Waals surface area (Å²) < 4.78 is 4.98. The Bertz CT molecular complexity index is 422. The van der Waals surface area contributed by atoms with E-state index in [0.717, 1.165) is 11.4 Å². The quantitative estimate of drug-likeness (QED) is 0.772. The summed E-state index contributed by atoms with van der Waals surface area (Å²) in [6.07, 6.45) is 2.65. The van der Waals surface area contributed by atoms with Crippen molar-refractivity contribution >= 4 is 11.9 Å². The third kappa shape index (κ3) is 2.64. The number of hydrogen-bond acceptors (Lipinski definition) is 5. The maximum absolute atomic E-state index is 11.6. The maximum Gasteiger partial charge on any atom is 0.409 e. The Kier molecular flexibility index (Phi) is 3.41. The molecule has 0 atom stereocenters. The molecule has 6 nitrogen and oxygen atoms in total. The Hall–Kier alpha value is -1.85. The molecule has 0 fully saturated rings. The Morgan fingerprint density at radius 1 is 1.47 bits per heavy atom. The van der Waals surface area contributed by atoms with Crippen molar-refractivity contribution < 1.29 is 9.53 Å². The van der Waals surface area contributed by atoms with Gasteiger partial charge in [-0.05, 0) is 6.92 Å². The highest BCUT2D eigenvalue weighted by atomic mass is 16.6. The number of carbonyl (C=O) groups excluding carboxylic acids is 1. The van der Waals surface area contributed by atoms with E-state index < -0.39 is 0 Å². The van der Waals surface area contributed by atoms with E-state index in [1.807, 2.05) is 0 Å². The monoisotopic (exact) mass is 236 g/mol. The second kappa shape index (κ2) is 4.99. The zero-order valence-electron chi connectivity index (χ0n) is 9.85. The topological polar surface area (TPSA) is 81.3 Å². The van der Waals surface area contributed by atoms with E-state index in [9.17, 15) is 4.79 Å². The van der Waals surface area contributed by atoms with Crippen molar-refractivity contribution in [2.45, 2.75) is 19.8 Å². The summed E-state index contributed by atoms with van der Waals surface area (Å²) >= 11 is 0. The highest BCUT2D eigenvalue weighted by Crippen LogP contribution is 2.13. The van der Waals surface area contributed by atoms with Gasteiger partial charge in [-0.1, -0.05) is 0 Å². The molecule has 6 heteroatoms. The van der Waals surface area contributed by atoms with Crippen LogP contribution in [-0.4, -0.2) is 40.7 Å². The number of hydrogen-bond donors (Lipinski definition) is 1. The van der Waals surface area contributed by atoms with Crippen LogP contribution >= 0.6 is 0 Å². The molecule has 0 aromatic carbocycles. The lowest BCUT2D eigenvalue weighted by Crippen LogP contribution is -2.33. The Balaban J connectivity index is 2.08. The summed E-state index contributed by atoms with van der Waals surface area (Å²) in [5.74, 6) is 0.424. The van der Waals surface area contributed by atoms with Gasteiger partial charge in [0.25, 0.3) is 0 Å². The number of amides is 1. The number of nitrogens with zero attached hydrogens (tertiary/aromatic N) is 3. The van der Waals surface area contributed by atoms with Gasteiger partial charge in [0.1, 0.15) is 5.82 Å². The van der Waals surface area contributed by atoms with Crippen LogP contribution < -0.4 is 5.73 Å². The van der Waals surface area contributed by atoms with Crippen LogP contribution in [0.3, 0.4) is 0 Å². The molecule has 0 bridgehead atoms. The maximum atomic E-state index is 11.6. The lowest BCUT2D eigenvalue weighted by Gasteiger charge is -2.18. The smallest absolute Gasteiger partial charge is 0.409 e. The first-order chi connectivity index (χ1) is 8.20. The van der Waals surface area contributed by atoms with Crippen molar-refractivity contribution in [3.8, 4) is 0 Å². The molecular formula is C11H16N4O2. The summed E-state index contributed by atoms with van der Waals surface area (Å²) in [7, 11) is 0. The predicted molar refractivity (Wildman–Crippen MR) is 62.4 cm³/mol. The molecular weight excluding hydrogens is 220 g/mol. The van der Waals surface area contributed by atoms with Crippen molar-refractivity contribution in [3.05, 3.63) is 17.6 Å². The molecule has 0 saturated carbocycles. The van der Waals surface area contributed by atoms with Gasteiger partial charge in [0, 0.05) is 25.9 Å². The first kappa shape index (κ1) is 11.6. The van der Waals surface area contributed by atoms with Crippen LogP contribution in [-0.2, 0) is 17.6 Å². The number of ether oxygens (including phenoxy) is 1. The van der Waals surface area contributed by atoms with Gasteiger partial charge in [0.05, 0.1) is 24.2 Å². The van der Waals surface area contributed by atoms with E-state index in [1.165, 1.54) is 0 Å². The average molecular weight is 236 g/mol. The number of nitrogens with two attached hydrogens (primary N) is 1. The van der Waals surface area contributed by atoms with Crippen molar-refractivity contribution in [2.24, 2.45) is 0 Å². The number of rotatable bonds is 1. The normalized spacial score (nSPS) is 15.0. The molecule has 1 aromatic heterocycles. The number of carbonyl (C=O) groups is 1. The van der Waals surface area contributed by atoms with Crippen molar-refractivity contribution in [1.82, 2.24) is 14.9 Å². The van der Waals surface area contributed by atoms with E-state index in [2.05, 4.69) is 9.97 Å². The third-order valence-electron chi connectivity index (χ3n) is 2.71. The molecule has 1 aliphatic heterocycles. The highest BCUT2D eigenvalue weighted by Gasteiger charge is 2.20. The number of aromatic nitrogens is 2. The van der Waals surface area contributed by atoms with Gasteiger partial charge in [-0.15, -0.1) is 0 Å². The van der Waals surface area contributed by atoms with Crippen LogP contribution in [0, 0.1) is 0 Å². The minimum atomic E-state index is -0.270. The highest BCUT2D eigenvalue weighted by molar-refractivity contribution is 5.67. The van der Waals surface area contributed by atoms with E-state index in [4.69, 9.17) is 10.5 Å². The zero-order chi connectivity index (χ0) is 12.3. The van der Waals surface area contributed by atoms with Gasteiger partial charge in [-0.3, -0.25) is 4.98 Å². The number of nitrogen functional groups attached to an aromatic ring is 1. The molecule has 0 unspecified atom stereocenters. The van der Waals surface area contributed by atoms with Crippen LogP contribution in [0.15, 0.2) is 6.20 Å². The molecule has 1 aliphatic rings. The third-order valence-corrected chi connectivity index (χ3v) is 2.71. The summed E-state index contributed by atoms with van der Waals surface area (Å²) in [5.41, 5.74) is 7.40. The molecule has 2 heterocycles. The number of fused-ring (bicyclic) bond motifs is 1. The molecule has 1 amide bonds. The summed E-state index contributed by atoms with van der Waals surface area (Å²) in [4.78, 5) is 21.8. The summed E-state index contributed by atoms with van der Waals surface area (Å²) in [6, 6.07) is 0. The Labute approximate surface area is 99.8 Å². The molecule has 2 rings (SSSR count). The van der Waals surface area contributed by atoms with Crippen LogP contribution in [0.5, 0.6) is 0 Å². The fraction of sp³-hybridized carbons (Fsp3) is 0.545. The van der Waals surface area contributed by atoms with Crippen LogP contribution in [0.4, 0.5) is 10.6 Å². The summed E-state index contributed by atoms with van der Waals surface area (Å²) in [6.45, 7) is 3.41. The van der Waals surface area contributed by atoms with Gasteiger partial charge in [0.2, 0.25) is 0 Å². The predicted octanol–water partition coefficient (Wildman–Crippen LogP) is 0.616. The van der Waals surface area contributed by atoms with Crippen LogP contribution in [0.2, 0.25) is 0 Å². The van der Waals surface area contributed by atoms with Crippen LogP contribution in [0.1, 0.15) is 18.3 Å². The minimum Gasteiger partial charge on any atom is -0.450 e. The molecule has 0 aliphatic carbocycles. The molecule has 0 spiro atoms.